The highest BCUT2D eigenvalue weighted by Gasteiger charge is 2.30. The van der Waals surface area contributed by atoms with Crippen molar-refractivity contribution in [3.05, 3.63) is 71.9 Å². The Hall–Kier alpha value is -3.55. The number of carbonyl (C=O) groups excluding carboxylic acids is 1. The summed E-state index contributed by atoms with van der Waals surface area (Å²) in [5.74, 6) is 0.267. The van der Waals surface area contributed by atoms with Crippen molar-refractivity contribution in [2.24, 2.45) is 5.73 Å². The maximum absolute atomic E-state index is 12.9. The zero-order valence-corrected chi connectivity index (χ0v) is 17.2. The van der Waals surface area contributed by atoms with Gasteiger partial charge in [0.1, 0.15) is 5.75 Å². The van der Waals surface area contributed by atoms with Crippen LogP contribution in [0.15, 0.2) is 60.7 Å². The highest BCUT2D eigenvalue weighted by atomic mass is 19.4. The van der Waals surface area contributed by atoms with Gasteiger partial charge in [-0.1, -0.05) is 12.1 Å². The predicted molar refractivity (Wildman–Crippen MR) is 116 cm³/mol. The van der Waals surface area contributed by atoms with Gasteiger partial charge in [-0.3, -0.25) is 9.78 Å². The minimum atomic E-state index is -4.37. The smallest absolute Gasteiger partial charge is 0.416 e. The Kier molecular flexibility index (Phi) is 6.03. The van der Waals surface area contributed by atoms with Crippen LogP contribution in [0.4, 0.5) is 24.5 Å². The largest absolute Gasteiger partial charge is 0.491 e. The number of fused-ring (bicyclic) bond motifs is 1. The van der Waals surface area contributed by atoms with Gasteiger partial charge in [-0.05, 0) is 61.4 Å². The van der Waals surface area contributed by atoms with Crippen molar-refractivity contribution in [1.29, 1.82) is 0 Å². The van der Waals surface area contributed by atoms with Crippen LogP contribution in [0.1, 0.15) is 24.1 Å². The summed E-state index contributed by atoms with van der Waals surface area (Å²) in [6, 6.07) is 16.4. The third-order valence-electron chi connectivity index (χ3n) is 5.27. The van der Waals surface area contributed by atoms with Crippen molar-refractivity contribution in [3.63, 3.8) is 0 Å². The number of nitrogens with zero attached hydrogens (tertiary/aromatic N) is 2. The first-order valence-corrected chi connectivity index (χ1v) is 10.3. The van der Waals surface area contributed by atoms with Gasteiger partial charge in [-0.25, -0.2) is 0 Å². The second-order valence-electron chi connectivity index (χ2n) is 7.56. The number of benzene rings is 2. The number of hydrogen-bond acceptors (Lipinski definition) is 4. The van der Waals surface area contributed by atoms with Crippen molar-refractivity contribution in [3.8, 4) is 17.0 Å². The molecule has 1 amide bonds. The van der Waals surface area contributed by atoms with Crippen molar-refractivity contribution in [2.45, 2.75) is 25.4 Å². The number of alkyl halides is 3. The van der Waals surface area contributed by atoms with Crippen molar-refractivity contribution >= 4 is 17.3 Å². The summed E-state index contributed by atoms with van der Waals surface area (Å²) in [5.41, 5.74) is 8.36. The number of rotatable bonds is 5. The fourth-order valence-electron chi connectivity index (χ4n) is 3.67. The molecule has 0 unspecified atom stereocenters. The van der Waals surface area contributed by atoms with Gasteiger partial charge in [0.15, 0.2) is 0 Å². The average Bonchev–Trinajstić information content (AvgIpc) is 2.99. The monoisotopic (exact) mass is 441 g/mol. The van der Waals surface area contributed by atoms with E-state index in [2.05, 4.69) is 4.98 Å². The third kappa shape index (κ3) is 4.85. The molecule has 1 aliphatic heterocycles. The highest BCUT2D eigenvalue weighted by molar-refractivity contribution is 5.75. The lowest BCUT2D eigenvalue weighted by molar-refractivity contribution is -0.137. The van der Waals surface area contributed by atoms with Crippen molar-refractivity contribution in [1.82, 2.24) is 4.98 Å². The first kappa shape index (κ1) is 21.7. The molecular formula is C24H22F3N3O2. The lowest BCUT2D eigenvalue weighted by Crippen LogP contribution is -2.18. The van der Waals surface area contributed by atoms with E-state index in [-0.39, 0.29) is 12.3 Å². The summed E-state index contributed by atoms with van der Waals surface area (Å²) in [6.45, 7) is 1.12. The molecule has 4 rings (SSSR count). The molecule has 2 heterocycles. The van der Waals surface area contributed by atoms with E-state index in [1.54, 1.807) is 0 Å². The molecule has 166 valence electrons. The van der Waals surface area contributed by atoms with E-state index in [1.807, 2.05) is 41.3 Å². The molecular weight excluding hydrogens is 419 g/mol. The van der Waals surface area contributed by atoms with Crippen LogP contribution < -0.4 is 15.4 Å². The third-order valence-corrected chi connectivity index (χ3v) is 5.27. The van der Waals surface area contributed by atoms with E-state index in [0.29, 0.717) is 31.0 Å². The minimum Gasteiger partial charge on any atom is -0.491 e. The molecule has 1 aromatic heterocycles. The number of aryl methyl sites for hydroxylation is 1. The van der Waals surface area contributed by atoms with Crippen LogP contribution in [0.3, 0.4) is 0 Å². The number of primary amides is 1. The Labute approximate surface area is 183 Å². The van der Waals surface area contributed by atoms with Gasteiger partial charge in [-0.2, -0.15) is 13.2 Å². The summed E-state index contributed by atoms with van der Waals surface area (Å²) in [4.78, 5) is 17.6. The number of carbonyl (C=O) groups is 1. The minimum absolute atomic E-state index is 0.228. The maximum atomic E-state index is 12.9. The van der Waals surface area contributed by atoms with E-state index in [9.17, 15) is 18.0 Å². The molecule has 3 aromatic rings. The molecule has 0 bridgehead atoms. The molecule has 8 heteroatoms. The van der Waals surface area contributed by atoms with E-state index in [1.165, 1.54) is 12.1 Å². The van der Waals surface area contributed by atoms with Crippen LogP contribution in [0.2, 0.25) is 0 Å². The van der Waals surface area contributed by atoms with Crippen LogP contribution in [0.5, 0.6) is 5.75 Å². The SMILES string of the molecule is NC(=O)CCc1cccc(-c2ccc3c(c2)OCCCN3c2ccc(C(F)(F)F)cc2)n1. The van der Waals surface area contributed by atoms with Crippen molar-refractivity contribution in [2.75, 3.05) is 18.1 Å². The van der Waals surface area contributed by atoms with Crippen LogP contribution >= 0.6 is 0 Å². The number of aromatic nitrogens is 1. The fourth-order valence-corrected chi connectivity index (χ4v) is 3.67. The number of hydrogen-bond donors (Lipinski definition) is 1. The molecule has 0 fully saturated rings. The number of nitrogens with two attached hydrogens (primary N) is 1. The number of pyridine rings is 1. The molecule has 0 radical (unpaired) electrons. The topological polar surface area (TPSA) is 68.5 Å². The Balaban J connectivity index is 1.64. The van der Waals surface area contributed by atoms with Gasteiger partial charge >= 0.3 is 6.18 Å². The second kappa shape index (κ2) is 8.90. The first-order chi connectivity index (χ1) is 15.3. The first-order valence-electron chi connectivity index (χ1n) is 10.3. The Bertz CT molecular complexity index is 1110. The van der Waals surface area contributed by atoms with E-state index in [0.717, 1.165) is 41.2 Å². The zero-order chi connectivity index (χ0) is 22.7. The summed E-state index contributed by atoms with van der Waals surface area (Å²) in [5, 5.41) is 0. The number of amides is 1. The van der Waals surface area contributed by atoms with Gasteiger partial charge in [0.05, 0.1) is 23.6 Å². The Morgan fingerprint density at radius 1 is 1.09 bits per heavy atom. The number of ether oxygens (including phenoxy) is 1. The molecule has 0 atom stereocenters. The molecule has 0 saturated carbocycles. The highest BCUT2D eigenvalue weighted by Crippen LogP contribution is 2.39. The fraction of sp³-hybridized carbons (Fsp3) is 0.250. The molecule has 0 aliphatic carbocycles. The molecule has 2 aromatic carbocycles. The Morgan fingerprint density at radius 3 is 2.59 bits per heavy atom. The number of halogens is 3. The van der Waals surface area contributed by atoms with Gasteiger partial charge in [0, 0.05) is 29.9 Å². The molecule has 0 saturated heterocycles. The summed E-state index contributed by atoms with van der Waals surface area (Å²) < 4.78 is 44.7. The molecule has 1 aliphatic rings. The molecule has 2 N–H and O–H groups in total. The molecule has 5 nitrogen and oxygen atoms in total. The van der Waals surface area contributed by atoms with E-state index < -0.39 is 11.7 Å². The van der Waals surface area contributed by atoms with Crippen LogP contribution in [-0.2, 0) is 17.4 Å². The van der Waals surface area contributed by atoms with Crippen LogP contribution in [-0.4, -0.2) is 24.0 Å². The van der Waals surface area contributed by atoms with Gasteiger partial charge in [0.2, 0.25) is 5.91 Å². The quantitative estimate of drug-likeness (QED) is 0.598. The Morgan fingerprint density at radius 2 is 1.88 bits per heavy atom. The normalized spacial score (nSPS) is 13.8. The lowest BCUT2D eigenvalue weighted by atomic mass is 10.1. The lowest BCUT2D eigenvalue weighted by Gasteiger charge is -2.24. The predicted octanol–water partition coefficient (Wildman–Crippen LogP) is 5.11. The van der Waals surface area contributed by atoms with E-state index in [4.69, 9.17) is 10.5 Å². The number of anilines is 2. The van der Waals surface area contributed by atoms with Crippen LogP contribution in [0, 0.1) is 0 Å². The van der Waals surface area contributed by atoms with Gasteiger partial charge in [-0.15, -0.1) is 0 Å². The maximum Gasteiger partial charge on any atom is 0.416 e. The standard InChI is InChI=1S/C24H22F3N3O2/c25-24(26,27)17-6-9-19(10-7-17)30-13-2-14-32-22-15-16(5-11-21(22)30)20-4-1-3-18(29-20)8-12-23(28)31/h1,3-7,9-11,15H,2,8,12-14H2,(H2,28,31). The molecule has 0 spiro atoms. The summed E-state index contributed by atoms with van der Waals surface area (Å²) >= 11 is 0. The van der Waals surface area contributed by atoms with Crippen molar-refractivity contribution < 1.29 is 22.7 Å². The zero-order valence-electron chi connectivity index (χ0n) is 17.2. The van der Waals surface area contributed by atoms with E-state index >= 15 is 0 Å². The summed E-state index contributed by atoms with van der Waals surface area (Å²) in [6.07, 6.45) is -2.95. The average molecular weight is 441 g/mol. The summed E-state index contributed by atoms with van der Waals surface area (Å²) in [7, 11) is 0. The van der Waals surface area contributed by atoms with Gasteiger partial charge < -0.3 is 15.4 Å². The second-order valence-corrected chi connectivity index (χ2v) is 7.56. The van der Waals surface area contributed by atoms with Gasteiger partial charge in [0.25, 0.3) is 0 Å². The molecule has 32 heavy (non-hydrogen) atoms. The van der Waals surface area contributed by atoms with Crippen LogP contribution in [0.25, 0.3) is 11.3 Å².